The number of anilines is 1. The molecule has 1 aliphatic heterocycles. The second-order valence-electron chi connectivity index (χ2n) is 5.19. The second kappa shape index (κ2) is 4.73. The number of fused-ring (bicyclic) bond motifs is 1. The minimum absolute atomic E-state index is 0.562. The highest BCUT2D eigenvalue weighted by Crippen LogP contribution is 2.24. The van der Waals surface area contributed by atoms with Crippen molar-refractivity contribution in [3.63, 3.8) is 0 Å². The van der Waals surface area contributed by atoms with Gasteiger partial charge in [0.05, 0.1) is 17.9 Å². The molecule has 0 fully saturated rings. The van der Waals surface area contributed by atoms with Crippen LogP contribution in [0.4, 0.5) is 6.01 Å². The van der Waals surface area contributed by atoms with Gasteiger partial charge >= 0.3 is 6.01 Å². The Bertz CT molecular complexity index is 761. The molecule has 0 bridgehead atoms. The topological polar surface area (TPSA) is 70.8 Å². The summed E-state index contributed by atoms with van der Waals surface area (Å²) in [6.07, 6.45) is 0.892. The fourth-order valence-corrected chi connectivity index (χ4v) is 2.65. The predicted molar refractivity (Wildman–Crippen MR) is 77.8 cm³/mol. The van der Waals surface area contributed by atoms with Crippen LogP contribution in [-0.2, 0) is 13.0 Å². The monoisotopic (exact) mass is 281 g/mol. The van der Waals surface area contributed by atoms with Gasteiger partial charge in [0.15, 0.2) is 0 Å². The van der Waals surface area contributed by atoms with E-state index in [2.05, 4.69) is 25.0 Å². The Balaban J connectivity index is 1.60. The summed E-state index contributed by atoms with van der Waals surface area (Å²) in [6.45, 7) is 3.54. The van der Waals surface area contributed by atoms with Crippen LogP contribution in [0.15, 0.2) is 34.9 Å². The summed E-state index contributed by atoms with van der Waals surface area (Å²) in [5.41, 5.74) is 3.24. The first-order valence-electron chi connectivity index (χ1n) is 6.98. The number of H-pyrrole nitrogens is 1. The standard InChI is InChI=1S/C15H15N5O/c1-10-16-12-7-8-20(9-13(12)17-10)15-18-14(19-21-15)11-5-3-2-4-6-11/h2-6H,7-9H2,1H3,(H,16,17). The van der Waals surface area contributed by atoms with E-state index < -0.39 is 0 Å². The van der Waals surface area contributed by atoms with E-state index in [0.717, 1.165) is 42.3 Å². The number of benzene rings is 1. The maximum absolute atomic E-state index is 5.41. The predicted octanol–water partition coefficient (Wildman–Crippen LogP) is 2.33. The number of rotatable bonds is 2. The summed E-state index contributed by atoms with van der Waals surface area (Å²) in [5.74, 6) is 1.58. The summed E-state index contributed by atoms with van der Waals surface area (Å²) in [4.78, 5) is 14.4. The number of nitrogens with zero attached hydrogens (tertiary/aromatic N) is 4. The van der Waals surface area contributed by atoms with Crippen molar-refractivity contribution in [3.8, 4) is 11.4 Å². The molecule has 21 heavy (non-hydrogen) atoms. The van der Waals surface area contributed by atoms with Gasteiger partial charge < -0.3 is 14.4 Å². The lowest BCUT2D eigenvalue weighted by atomic mass is 10.1. The SMILES string of the molecule is Cc1nc2c([nH]1)CN(c1nc(-c3ccccc3)no1)CC2. The Labute approximate surface area is 121 Å². The molecule has 0 radical (unpaired) electrons. The van der Waals surface area contributed by atoms with Crippen molar-refractivity contribution in [3.05, 3.63) is 47.5 Å². The van der Waals surface area contributed by atoms with E-state index in [0.29, 0.717) is 11.8 Å². The number of hydrogen-bond acceptors (Lipinski definition) is 5. The molecule has 0 amide bonds. The molecule has 4 rings (SSSR count). The molecule has 1 aromatic carbocycles. The van der Waals surface area contributed by atoms with E-state index in [9.17, 15) is 0 Å². The van der Waals surface area contributed by atoms with Crippen molar-refractivity contribution in [2.24, 2.45) is 0 Å². The first-order chi connectivity index (χ1) is 10.3. The van der Waals surface area contributed by atoms with E-state index in [1.165, 1.54) is 0 Å². The zero-order valence-electron chi connectivity index (χ0n) is 11.7. The fraction of sp³-hybridized carbons (Fsp3) is 0.267. The average Bonchev–Trinajstić information content (AvgIpc) is 3.12. The van der Waals surface area contributed by atoms with E-state index in [1.54, 1.807) is 0 Å². The van der Waals surface area contributed by atoms with Gasteiger partial charge in [0.2, 0.25) is 5.82 Å². The van der Waals surface area contributed by atoms with Crippen LogP contribution in [0.25, 0.3) is 11.4 Å². The Morgan fingerprint density at radius 3 is 2.90 bits per heavy atom. The van der Waals surface area contributed by atoms with Crippen LogP contribution < -0.4 is 4.90 Å². The normalized spacial score (nSPS) is 14.2. The van der Waals surface area contributed by atoms with Gasteiger partial charge in [-0.05, 0) is 6.92 Å². The van der Waals surface area contributed by atoms with Gasteiger partial charge in [-0.15, -0.1) is 0 Å². The third kappa shape index (κ3) is 2.18. The zero-order chi connectivity index (χ0) is 14.2. The Morgan fingerprint density at radius 2 is 2.05 bits per heavy atom. The van der Waals surface area contributed by atoms with Crippen molar-refractivity contribution in [2.45, 2.75) is 19.9 Å². The molecule has 0 unspecified atom stereocenters. The quantitative estimate of drug-likeness (QED) is 0.780. The Hall–Kier alpha value is -2.63. The number of aromatic nitrogens is 4. The van der Waals surface area contributed by atoms with Gasteiger partial charge in [-0.25, -0.2) is 4.98 Å². The van der Waals surface area contributed by atoms with Crippen LogP contribution in [0.2, 0.25) is 0 Å². The third-order valence-corrected chi connectivity index (χ3v) is 3.67. The molecule has 0 spiro atoms. The zero-order valence-corrected chi connectivity index (χ0v) is 11.7. The molecule has 3 heterocycles. The van der Waals surface area contributed by atoms with Crippen LogP contribution in [0, 0.1) is 6.92 Å². The molecule has 0 aliphatic carbocycles. The molecule has 0 saturated carbocycles. The van der Waals surface area contributed by atoms with Crippen LogP contribution in [0.3, 0.4) is 0 Å². The first kappa shape index (κ1) is 12.1. The van der Waals surface area contributed by atoms with E-state index >= 15 is 0 Å². The minimum Gasteiger partial charge on any atom is -0.344 e. The Kier molecular flexibility index (Phi) is 2.73. The highest BCUT2D eigenvalue weighted by molar-refractivity contribution is 5.55. The molecule has 3 aromatic rings. The lowest BCUT2D eigenvalue weighted by Crippen LogP contribution is -2.30. The van der Waals surface area contributed by atoms with Crippen LogP contribution >= 0.6 is 0 Å². The highest BCUT2D eigenvalue weighted by Gasteiger charge is 2.23. The van der Waals surface area contributed by atoms with Gasteiger partial charge in [-0.1, -0.05) is 35.5 Å². The van der Waals surface area contributed by atoms with Crippen molar-refractivity contribution in [2.75, 3.05) is 11.4 Å². The molecule has 1 aliphatic rings. The number of aryl methyl sites for hydroxylation is 1. The highest BCUT2D eigenvalue weighted by atomic mass is 16.5. The van der Waals surface area contributed by atoms with Crippen molar-refractivity contribution in [1.29, 1.82) is 0 Å². The number of aromatic amines is 1. The van der Waals surface area contributed by atoms with E-state index in [-0.39, 0.29) is 0 Å². The van der Waals surface area contributed by atoms with Gasteiger partial charge in [-0.3, -0.25) is 0 Å². The summed E-state index contributed by atoms with van der Waals surface area (Å²) >= 11 is 0. The van der Waals surface area contributed by atoms with Crippen molar-refractivity contribution < 1.29 is 4.52 Å². The average molecular weight is 281 g/mol. The molecular formula is C15H15N5O. The molecule has 106 valence electrons. The van der Waals surface area contributed by atoms with Gasteiger partial charge in [0, 0.05) is 18.5 Å². The lowest BCUT2D eigenvalue weighted by molar-refractivity contribution is 0.410. The molecular weight excluding hydrogens is 266 g/mol. The fourth-order valence-electron chi connectivity index (χ4n) is 2.65. The van der Waals surface area contributed by atoms with Crippen molar-refractivity contribution in [1.82, 2.24) is 20.1 Å². The van der Waals surface area contributed by atoms with E-state index in [4.69, 9.17) is 4.52 Å². The molecule has 0 saturated heterocycles. The molecule has 6 nitrogen and oxygen atoms in total. The van der Waals surface area contributed by atoms with Gasteiger partial charge in [0.1, 0.15) is 5.82 Å². The molecule has 1 N–H and O–H groups in total. The lowest BCUT2D eigenvalue weighted by Gasteiger charge is -2.23. The first-order valence-corrected chi connectivity index (χ1v) is 6.98. The Morgan fingerprint density at radius 1 is 1.19 bits per heavy atom. The molecule has 2 aromatic heterocycles. The molecule has 0 atom stereocenters. The largest absolute Gasteiger partial charge is 0.344 e. The number of nitrogens with one attached hydrogen (secondary N) is 1. The second-order valence-corrected chi connectivity index (χ2v) is 5.19. The third-order valence-electron chi connectivity index (χ3n) is 3.67. The van der Waals surface area contributed by atoms with Crippen molar-refractivity contribution >= 4 is 6.01 Å². The van der Waals surface area contributed by atoms with Gasteiger partial charge in [-0.2, -0.15) is 4.98 Å². The molecule has 6 heteroatoms. The van der Waals surface area contributed by atoms with E-state index in [1.807, 2.05) is 37.3 Å². The number of imidazole rings is 1. The minimum atomic E-state index is 0.562. The van der Waals surface area contributed by atoms with Crippen LogP contribution in [-0.4, -0.2) is 26.7 Å². The summed E-state index contributed by atoms with van der Waals surface area (Å²) in [7, 11) is 0. The summed E-state index contributed by atoms with van der Waals surface area (Å²) in [6, 6.07) is 10.4. The van der Waals surface area contributed by atoms with Crippen LogP contribution in [0.1, 0.15) is 17.2 Å². The maximum Gasteiger partial charge on any atom is 0.324 e. The maximum atomic E-state index is 5.41. The summed E-state index contributed by atoms with van der Waals surface area (Å²) < 4.78 is 5.41. The summed E-state index contributed by atoms with van der Waals surface area (Å²) in [5, 5.41) is 4.07. The van der Waals surface area contributed by atoms with Crippen LogP contribution in [0.5, 0.6) is 0 Å². The number of hydrogen-bond donors (Lipinski definition) is 1. The van der Waals surface area contributed by atoms with Gasteiger partial charge in [0.25, 0.3) is 0 Å². The smallest absolute Gasteiger partial charge is 0.324 e.